The van der Waals surface area contributed by atoms with Crippen LogP contribution in [0.15, 0.2) is 18.2 Å². The maximum absolute atomic E-state index is 5.36. The van der Waals surface area contributed by atoms with Crippen molar-refractivity contribution in [2.45, 2.75) is 67.2 Å². The molecule has 0 amide bonds. The van der Waals surface area contributed by atoms with E-state index in [2.05, 4.69) is 69.2 Å². The first kappa shape index (κ1) is 19.8. The maximum Gasteiger partial charge on any atom is 0.126 e. The van der Waals surface area contributed by atoms with Crippen LogP contribution in [0.5, 0.6) is 5.75 Å². The smallest absolute Gasteiger partial charge is 0.126 e. The molecule has 2 heteroatoms. The predicted molar refractivity (Wildman–Crippen MR) is 87.6 cm³/mol. The Kier molecular flexibility index (Phi) is 7.22. The average Bonchev–Trinajstić information content (AvgIpc) is 2.14. The molecular formula is C16H31OP. The van der Waals surface area contributed by atoms with Gasteiger partial charge in [0.2, 0.25) is 0 Å². The van der Waals surface area contributed by atoms with Crippen LogP contribution in [-0.2, 0) is 10.8 Å². The van der Waals surface area contributed by atoms with E-state index < -0.39 is 0 Å². The zero-order valence-corrected chi connectivity index (χ0v) is 12.4. The molecule has 1 rings (SSSR count). The second-order valence-corrected chi connectivity index (χ2v) is 6.56. The molecule has 0 aliphatic rings. The Bertz CT molecular complexity index is 370. The molecule has 18 heavy (non-hydrogen) atoms. The summed E-state index contributed by atoms with van der Waals surface area (Å²) in [5.74, 6) is 0.950. The van der Waals surface area contributed by atoms with E-state index in [9.17, 15) is 0 Å². The molecule has 0 saturated heterocycles. The van der Waals surface area contributed by atoms with Gasteiger partial charge in [0, 0.05) is 5.56 Å². The third-order valence-electron chi connectivity index (χ3n) is 2.78. The fourth-order valence-electron chi connectivity index (χ4n) is 1.69. The van der Waals surface area contributed by atoms with Crippen LogP contribution in [0.25, 0.3) is 0 Å². The van der Waals surface area contributed by atoms with Gasteiger partial charge in [-0.05, 0) is 22.5 Å². The summed E-state index contributed by atoms with van der Waals surface area (Å²) in [6.07, 6.45) is 0. The molecule has 0 saturated carbocycles. The highest BCUT2D eigenvalue weighted by Crippen LogP contribution is 2.35. The van der Waals surface area contributed by atoms with Crippen molar-refractivity contribution >= 4 is 9.47 Å². The summed E-state index contributed by atoms with van der Waals surface area (Å²) < 4.78 is 5.36. The van der Waals surface area contributed by atoms with Crippen LogP contribution < -0.4 is 4.52 Å². The highest BCUT2D eigenvalue weighted by atomic mass is 31.0. The van der Waals surface area contributed by atoms with E-state index in [1.54, 1.807) is 0 Å². The zero-order valence-electron chi connectivity index (χ0n) is 11.2. The minimum absolute atomic E-state index is 0. The summed E-state index contributed by atoms with van der Waals surface area (Å²) >= 11 is 0. The van der Waals surface area contributed by atoms with E-state index in [0.29, 0.717) is 0 Å². The molecule has 1 aromatic carbocycles. The second kappa shape index (κ2) is 6.57. The third kappa shape index (κ3) is 4.61. The van der Waals surface area contributed by atoms with E-state index in [1.807, 2.05) is 0 Å². The van der Waals surface area contributed by atoms with Gasteiger partial charge in [0.25, 0.3) is 0 Å². The van der Waals surface area contributed by atoms with E-state index in [-0.39, 0.29) is 25.7 Å². The van der Waals surface area contributed by atoms with Gasteiger partial charge < -0.3 is 4.52 Å². The molecule has 1 atom stereocenters. The van der Waals surface area contributed by atoms with Gasteiger partial charge in [0.1, 0.15) is 5.75 Å². The second-order valence-electron chi connectivity index (χ2n) is 6.33. The molecule has 1 aromatic rings. The van der Waals surface area contributed by atoms with Gasteiger partial charge in [-0.3, -0.25) is 0 Å². The van der Waals surface area contributed by atoms with Crippen LogP contribution in [0, 0.1) is 0 Å². The largest absolute Gasteiger partial charge is 0.480 e. The van der Waals surface area contributed by atoms with Gasteiger partial charge in [-0.15, -0.1) is 0 Å². The molecule has 0 spiro atoms. The van der Waals surface area contributed by atoms with Gasteiger partial charge >= 0.3 is 0 Å². The van der Waals surface area contributed by atoms with Gasteiger partial charge in [-0.1, -0.05) is 68.5 Å². The highest BCUT2D eigenvalue weighted by molar-refractivity contribution is 7.10. The fourth-order valence-corrected chi connectivity index (χ4v) is 1.89. The predicted octanol–water partition coefficient (Wildman–Crippen LogP) is 5.72. The molecule has 0 radical (unpaired) electrons. The van der Waals surface area contributed by atoms with Crippen molar-refractivity contribution in [2.75, 3.05) is 0 Å². The number of hydrogen-bond donors (Lipinski definition) is 0. The Morgan fingerprint density at radius 2 is 1.39 bits per heavy atom. The lowest BCUT2D eigenvalue weighted by Gasteiger charge is -2.26. The standard InChI is InChI=1S/C14H23OP.2CH4/c1-13(2,3)10-7-8-12(15-16)11(9-10)14(4,5)6;;/h7-9H,16H2,1-6H3;2*1H4. The van der Waals surface area contributed by atoms with Crippen molar-refractivity contribution < 1.29 is 4.52 Å². The Morgan fingerprint density at radius 1 is 0.889 bits per heavy atom. The minimum Gasteiger partial charge on any atom is -0.480 e. The maximum atomic E-state index is 5.36. The van der Waals surface area contributed by atoms with Crippen LogP contribution in [0.4, 0.5) is 0 Å². The summed E-state index contributed by atoms with van der Waals surface area (Å²) in [5.41, 5.74) is 2.89. The zero-order chi connectivity index (χ0) is 12.6. The molecule has 1 unspecified atom stereocenters. The normalized spacial score (nSPS) is 11.3. The lowest BCUT2D eigenvalue weighted by Crippen LogP contribution is -2.16. The molecule has 0 fully saturated rings. The Hall–Kier alpha value is -0.550. The van der Waals surface area contributed by atoms with Crippen molar-refractivity contribution in [3.63, 3.8) is 0 Å². The van der Waals surface area contributed by atoms with Crippen molar-refractivity contribution in [3.05, 3.63) is 29.3 Å². The van der Waals surface area contributed by atoms with Crippen molar-refractivity contribution in [2.24, 2.45) is 0 Å². The van der Waals surface area contributed by atoms with Gasteiger partial charge in [0.05, 0.1) is 9.47 Å². The number of rotatable bonds is 1. The lowest BCUT2D eigenvalue weighted by molar-refractivity contribution is 0.536. The third-order valence-corrected chi connectivity index (χ3v) is 3.03. The van der Waals surface area contributed by atoms with E-state index in [0.717, 1.165) is 5.75 Å². The average molecular weight is 270 g/mol. The van der Waals surface area contributed by atoms with E-state index in [4.69, 9.17) is 4.52 Å². The first-order valence-corrected chi connectivity index (χ1v) is 6.15. The van der Waals surface area contributed by atoms with Crippen molar-refractivity contribution in [1.82, 2.24) is 0 Å². The van der Waals surface area contributed by atoms with Crippen molar-refractivity contribution in [1.29, 1.82) is 0 Å². The van der Waals surface area contributed by atoms with E-state index >= 15 is 0 Å². The molecule has 0 N–H and O–H groups in total. The molecule has 1 nitrogen and oxygen atoms in total. The molecule has 0 aliphatic heterocycles. The van der Waals surface area contributed by atoms with Crippen LogP contribution in [0.2, 0.25) is 0 Å². The molecule has 0 aromatic heterocycles. The molecule has 0 aliphatic carbocycles. The molecular weight excluding hydrogens is 239 g/mol. The SMILES string of the molecule is C.C.CC(C)(C)c1ccc(OP)c(C(C)(C)C)c1. The van der Waals surface area contributed by atoms with Crippen LogP contribution in [0.3, 0.4) is 0 Å². The number of benzene rings is 1. The van der Waals surface area contributed by atoms with Crippen LogP contribution >= 0.6 is 9.47 Å². The van der Waals surface area contributed by atoms with Gasteiger partial charge in [0.15, 0.2) is 0 Å². The van der Waals surface area contributed by atoms with Crippen molar-refractivity contribution in [3.8, 4) is 5.75 Å². The van der Waals surface area contributed by atoms with Gasteiger partial charge in [-0.25, -0.2) is 0 Å². The van der Waals surface area contributed by atoms with Crippen LogP contribution in [-0.4, -0.2) is 0 Å². The summed E-state index contributed by atoms with van der Waals surface area (Å²) in [5, 5.41) is 0. The molecule has 0 bridgehead atoms. The fraction of sp³-hybridized carbons (Fsp3) is 0.625. The molecule has 0 heterocycles. The first-order chi connectivity index (χ1) is 7.16. The number of hydrogen-bond acceptors (Lipinski definition) is 1. The lowest BCUT2D eigenvalue weighted by atomic mass is 9.80. The Labute approximate surface area is 117 Å². The summed E-state index contributed by atoms with van der Waals surface area (Å²) in [7, 11) is 2.33. The Morgan fingerprint density at radius 3 is 1.72 bits per heavy atom. The summed E-state index contributed by atoms with van der Waals surface area (Å²) in [6, 6.07) is 6.47. The topological polar surface area (TPSA) is 9.23 Å². The summed E-state index contributed by atoms with van der Waals surface area (Å²) in [6.45, 7) is 13.3. The first-order valence-electron chi connectivity index (χ1n) is 5.68. The minimum atomic E-state index is 0. The van der Waals surface area contributed by atoms with E-state index in [1.165, 1.54) is 11.1 Å². The monoisotopic (exact) mass is 270 g/mol. The Balaban J connectivity index is 0. The molecule has 106 valence electrons. The highest BCUT2D eigenvalue weighted by Gasteiger charge is 2.22. The van der Waals surface area contributed by atoms with Crippen LogP contribution in [0.1, 0.15) is 67.5 Å². The van der Waals surface area contributed by atoms with Gasteiger partial charge in [-0.2, -0.15) is 0 Å². The quantitative estimate of drug-likeness (QED) is 0.593. The summed E-state index contributed by atoms with van der Waals surface area (Å²) in [4.78, 5) is 0.